The number of carbonyl (C=O) groups excluding carboxylic acids is 2. The van der Waals surface area contributed by atoms with Crippen LogP contribution in [0.4, 0.5) is 5.69 Å². The Balaban J connectivity index is 1.60. The summed E-state index contributed by atoms with van der Waals surface area (Å²) in [7, 11) is -3.97. The van der Waals surface area contributed by atoms with E-state index < -0.39 is 15.9 Å². The van der Waals surface area contributed by atoms with Crippen molar-refractivity contribution in [3.05, 3.63) is 53.1 Å². The number of anilines is 1. The molecule has 1 aliphatic heterocycles. The van der Waals surface area contributed by atoms with Gasteiger partial charge in [0, 0.05) is 5.69 Å². The van der Waals surface area contributed by atoms with Gasteiger partial charge in [0.25, 0.3) is 15.9 Å². The monoisotopic (exact) mass is 389 g/mol. The third-order valence-electron chi connectivity index (χ3n) is 4.09. The van der Waals surface area contributed by atoms with E-state index in [1.807, 2.05) is 36.9 Å². The molecule has 0 aliphatic carbocycles. The fourth-order valence-corrected chi connectivity index (χ4v) is 3.67. The van der Waals surface area contributed by atoms with Gasteiger partial charge in [-0.3, -0.25) is 15.0 Å². The summed E-state index contributed by atoms with van der Waals surface area (Å²) in [4.78, 5) is 25.3. The minimum absolute atomic E-state index is 0.0475. The highest BCUT2D eigenvalue weighted by Crippen LogP contribution is 2.25. The first-order valence-electron chi connectivity index (χ1n) is 8.19. The number of sulfonamides is 1. The lowest BCUT2D eigenvalue weighted by Crippen LogP contribution is -2.43. The van der Waals surface area contributed by atoms with Gasteiger partial charge in [-0.25, -0.2) is 8.42 Å². The van der Waals surface area contributed by atoms with Crippen LogP contribution in [-0.2, 0) is 26.0 Å². The Bertz CT molecular complexity index is 997. The molecule has 27 heavy (non-hydrogen) atoms. The van der Waals surface area contributed by atoms with Crippen molar-refractivity contribution in [3.8, 4) is 5.75 Å². The van der Waals surface area contributed by atoms with E-state index in [4.69, 9.17) is 4.74 Å². The molecule has 0 fully saturated rings. The van der Waals surface area contributed by atoms with Crippen molar-refractivity contribution in [3.63, 3.8) is 0 Å². The molecule has 3 N–H and O–H groups in total. The summed E-state index contributed by atoms with van der Waals surface area (Å²) in [5.74, 6) is -0.241. The first-order valence-corrected chi connectivity index (χ1v) is 9.67. The third kappa shape index (κ3) is 4.26. The van der Waals surface area contributed by atoms with Crippen molar-refractivity contribution in [2.24, 2.45) is 0 Å². The molecule has 2 amide bonds. The van der Waals surface area contributed by atoms with Crippen LogP contribution in [0, 0.1) is 13.8 Å². The average molecular weight is 389 g/mol. The van der Waals surface area contributed by atoms with Gasteiger partial charge >= 0.3 is 0 Å². The average Bonchev–Trinajstić information content (AvgIpc) is 2.99. The summed E-state index contributed by atoms with van der Waals surface area (Å²) in [6.07, 6.45) is 0.120. The molecule has 0 unspecified atom stereocenters. The molecule has 0 saturated carbocycles. The van der Waals surface area contributed by atoms with Gasteiger partial charge in [-0.1, -0.05) is 18.2 Å². The molecule has 1 heterocycles. The van der Waals surface area contributed by atoms with Gasteiger partial charge in [0.15, 0.2) is 6.61 Å². The van der Waals surface area contributed by atoms with Crippen molar-refractivity contribution in [1.82, 2.24) is 10.3 Å². The number of hydrogen-bond donors (Lipinski definition) is 3. The number of benzene rings is 2. The van der Waals surface area contributed by atoms with Crippen molar-refractivity contribution in [2.45, 2.75) is 25.2 Å². The first kappa shape index (κ1) is 18.9. The molecule has 8 nitrogen and oxygen atoms in total. The number of nitrogens with one attached hydrogen (secondary N) is 3. The predicted molar refractivity (Wildman–Crippen MR) is 98.7 cm³/mol. The van der Waals surface area contributed by atoms with E-state index >= 15 is 0 Å². The summed E-state index contributed by atoms with van der Waals surface area (Å²) in [5.41, 5.74) is 5.06. The fraction of sp³-hybridized carbons (Fsp3) is 0.222. The second kappa shape index (κ2) is 7.37. The van der Waals surface area contributed by atoms with E-state index in [1.165, 1.54) is 18.2 Å². The van der Waals surface area contributed by atoms with Gasteiger partial charge < -0.3 is 10.1 Å². The maximum atomic E-state index is 12.3. The quantitative estimate of drug-likeness (QED) is 0.642. The van der Waals surface area contributed by atoms with E-state index in [0.29, 0.717) is 17.0 Å². The topological polar surface area (TPSA) is 114 Å². The Morgan fingerprint density at radius 1 is 1.19 bits per heavy atom. The van der Waals surface area contributed by atoms with Gasteiger partial charge in [-0.05, 0) is 48.7 Å². The highest BCUT2D eigenvalue weighted by molar-refractivity contribution is 7.89. The smallest absolute Gasteiger partial charge is 0.272 e. The third-order valence-corrected chi connectivity index (χ3v) is 5.34. The second-order valence-electron chi connectivity index (χ2n) is 6.21. The zero-order valence-electron chi connectivity index (χ0n) is 14.8. The number of aryl methyl sites for hydroxylation is 2. The molecular formula is C18H19N3O5S. The maximum absolute atomic E-state index is 12.3. The van der Waals surface area contributed by atoms with Crippen LogP contribution in [-0.4, -0.2) is 26.8 Å². The van der Waals surface area contributed by atoms with Crippen molar-refractivity contribution in [1.29, 1.82) is 0 Å². The largest absolute Gasteiger partial charge is 0.483 e. The highest BCUT2D eigenvalue weighted by atomic mass is 32.2. The standard InChI is InChI=1S/C18H19N3O5S/c1-11-4-3-5-12(2)18(11)26-10-17(23)20-21-27(24,25)14-6-7-15-13(8-14)9-16(22)19-15/h3-8,21H,9-10H2,1-2H3,(H,19,22)(H,20,23). The Labute approximate surface area is 156 Å². The van der Waals surface area contributed by atoms with Crippen LogP contribution < -0.4 is 20.3 Å². The molecular weight excluding hydrogens is 370 g/mol. The molecule has 1 aliphatic rings. The number of hydrazine groups is 1. The SMILES string of the molecule is Cc1cccc(C)c1OCC(=O)NNS(=O)(=O)c1ccc2c(c1)CC(=O)N2. The first-order chi connectivity index (χ1) is 12.8. The molecule has 0 radical (unpaired) electrons. The summed E-state index contributed by atoms with van der Waals surface area (Å²) < 4.78 is 30.1. The Morgan fingerprint density at radius 2 is 1.89 bits per heavy atom. The van der Waals surface area contributed by atoms with Crippen LogP contribution in [0.1, 0.15) is 16.7 Å². The van der Waals surface area contributed by atoms with Gasteiger partial charge in [0.2, 0.25) is 5.91 Å². The molecule has 142 valence electrons. The molecule has 9 heteroatoms. The van der Waals surface area contributed by atoms with Gasteiger partial charge in [-0.15, -0.1) is 4.83 Å². The summed E-state index contributed by atoms with van der Waals surface area (Å²) in [6.45, 7) is 3.38. The van der Waals surface area contributed by atoms with Crippen molar-refractivity contribution in [2.75, 3.05) is 11.9 Å². The van der Waals surface area contributed by atoms with Gasteiger partial charge in [0.1, 0.15) is 5.75 Å². The molecule has 0 spiro atoms. The number of rotatable bonds is 6. The highest BCUT2D eigenvalue weighted by Gasteiger charge is 2.22. The second-order valence-corrected chi connectivity index (χ2v) is 7.89. The van der Waals surface area contributed by atoms with E-state index in [-0.39, 0.29) is 23.8 Å². The van der Waals surface area contributed by atoms with Gasteiger partial charge in [0.05, 0.1) is 11.3 Å². The van der Waals surface area contributed by atoms with Gasteiger partial charge in [-0.2, -0.15) is 0 Å². The molecule has 2 aromatic rings. The van der Waals surface area contributed by atoms with Crippen LogP contribution in [0.25, 0.3) is 0 Å². The van der Waals surface area contributed by atoms with E-state index in [0.717, 1.165) is 11.1 Å². The number of para-hydroxylation sites is 1. The Hall–Kier alpha value is -2.91. The summed E-state index contributed by atoms with van der Waals surface area (Å²) in [5, 5.41) is 2.63. The van der Waals surface area contributed by atoms with Crippen molar-refractivity contribution >= 4 is 27.5 Å². The van der Waals surface area contributed by atoms with Crippen molar-refractivity contribution < 1.29 is 22.7 Å². The minimum Gasteiger partial charge on any atom is -0.483 e. The zero-order valence-corrected chi connectivity index (χ0v) is 15.6. The number of ether oxygens (including phenoxy) is 1. The number of fused-ring (bicyclic) bond motifs is 1. The van der Waals surface area contributed by atoms with Crippen LogP contribution in [0.3, 0.4) is 0 Å². The molecule has 2 aromatic carbocycles. The van der Waals surface area contributed by atoms with Crippen LogP contribution in [0.15, 0.2) is 41.3 Å². The lowest BCUT2D eigenvalue weighted by Gasteiger charge is -2.13. The molecule has 0 aromatic heterocycles. The number of amides is 2. The van der Waals surface area contributed by atoms with Crippen LogP contribution >= 0.6 is 0 Å². The minimum atomic E-state index is -3.97. The van der Waals surface area contributed by atoms with Crippen LogP contribution in [0.2, 0.25) is 0 Å². The normalized spacial score (nSPS) is 13.0. The molecule has 0 bridgehead atoms. The Morgan fingerprint density at radius 3 is 2.59 bits per heavy atom. The molecule has 0 saturated heterocycles. The lowest BCUT2D eigenvalue weighted by molar-refractivity contribution is -0.123. The zero-order chi connectivity index (χ0) is 19.6. The summed E-state index contributed by atoms with van der Waals surface area (Å²) >= 11 is 0. The lowest BCUT2D eigenvalue weighted by atomic mass is 10.1. The number of carbonyl (C=O) groups is 2. The predicted octanol–water partition coefficient (Wildman–Crippen LogP) is 1.19. The fourth-order valence-electron chi connectivity index (χ4n) is 2.76. The van der Waals surface area contributed by atoms with Crippen LogP contribution in [0.5, 0.6) is 5.75 Å². The van der Waals surface area contributed by atoms with E-state index in [1.54, 1.807) is 0 Å². The van der Waals surface area contributed by atoms with E-state index in [2.05, 4.69) is 10.7 Å². The Kier molecular flexibility index (Phi) is 5.15. The van der Waals surface area contributed by atoms with E-state index in [9.17, 15) is 18.0 Å². The maximum Gasteiger partial charge on any atom is 0.272 e. The molecule has 0 atom stereocenters. The summed E-state index contributed by atoms with van der Waals surface area (Å²) in [6, 6.07) is 9.86. The number of hydrogen-bond acceptors (Lipinski definition) is 5. The molecule has 3 rings (SSSR count).